The minimum absolute atomic E-state index is 0.594. The van der Waals surface area contributed by atoms with Crippen LogP contribution in [0.4, 0.5) is 0 Å². The van der Waals surface area contributed by atoms with Crippen molar-refractivity contribution < 1.29 is 0 Å². The number of rotatable bonds is 2. The third-order valence-corrected chi connectivity index (χ3v) is 1.48. The van der Waals surface area contributed by atoms with Crippen molar-refractivity contribution >= 4 is 15.9 Å². The lowest BCUT2D eigenvalue weighted by Crippen LogP contribution is -2.05. The van der Waals surface area contributed by atoms with Crippen LogP contribution < -0.4 is 5.73 Å². The molecule has 0 bridgehead atoms. The van der Waals surface area contributed by atoms with Crippen LogP contribution in [0.15, 0.2) is 16.9 Å². The molecule has 0 saturated carbocycles. The average molecular weight is 202 g/mol. The number of nitrogens with zero attached hydrogens (tertiary/aromatic N) is 2. The van der Waals surface area contributed by atoms with Gasteiger partial charge in [-0.2, -0.15) is 0 Å². The lowest BCUT2D eigenvalue weighted by Gasteiger charge is -1.94. The molecule has 1 aromatic rings. The smallest absolute Gasteiger partial charge is 0.130 e. The molecule has 0 amide bonds. The molecule has 1 rings (SSSR count). The third-order valence-electron chi connectivity index (χ3n) is 1.04. The van der Waals surface area contributed by atoms with E-state index in [9.17, 15) is 0 Å². The standard InChI is InChI=1S/C6H8BrN3/c7-5-2-4-9-6(10-5)1-3-8/h2,4H,1,3,8H2. The van der Waals surface area contributed by atoms with Gasteiger partial charge in [-0.25, -0.2) is 9.97 Å². The van der Waals surface area contributed by atoms with Crippen LogP contribution in [0.5, 0.6) is 0 Å². The number of nitrogens with two attached hydrogens (primary N) is 1. The summed E-state index contributed by atoms with van der Waals surface area (Å²) in [7, 11) is 0. The molecule has 0 aliphatic carbocycles. The van der Waals surface area contributed by atoms with Crippen molar-refractivity contribution in [2.24, 2.45) is 5.73 Å². The fourth-order valence-electron chi connectivity index (χ4n) is 0.624. The van der Waals surface area contributed by atoms with Gasteiger partial charge in [0.25, 0.3) is 0 Å². The van der Waals surface area contributed by atoms with Gasteiger partial charge in [0.1, 0.15) is 10.4 Å². The van der Waals surface area contributed by atoms with Gasteiger partial charge >= 0.3 is 0 Å². The first-order valence-electron chi connectivity index (χ1n) is 3.00. The highest BCUT2D eigenvalue weighted by atomic mass is 79.9. The highest BCUT2D eigenvalue weighted by Gasteiger charge is 1.93. The summed E-state index contributed by atoms with van der Waals surface area (Å²) >= 11 is 3.24. The van der Waals surface area contributed by atoms with E-state index in [4.69, 9.17) is 5.73 Å². The van der Waals surface area contributed by atoms with Gasteiger partial charge in [0, 0.05) is 12.6 Å². The second-order valence-corrected chi connectivity index (χ2v) is 2.65. The zero-order chi connectivity index (χ0) is 7.40. The summed E-state index contributed by atoms with van der Waals surface area (Å²) in [5.41, 5.74) is 5.32. The zero-order valence-corrected chi connectivity index (χ0v) is 7.00. The van der Waals surface area contributed by atoms with Crippen molar-refractivity contribution in [1.82, 2.24) is 9.97 Å². The lowest BCUT2D eigenvalue weighted by atomic mass is 10.4. The Morgan fingerprint density at radius 2 is 2.40 bits per heavy atom. The van der Waals surface area contributed by atoms with Gasteiger partial charge in [0.15, 0.2) is 0 Å². The highest BCUT2D eigenvalue weighted by Crippen LogP contribution is 2.03. The summed E-state index contributed by atoms with van der Waals surface area (Å²) in [6.07, 6.45) is 2.45. The highest BCUT2D eigenvalue weighted by molar-refractivity contribution is 9.10. The van der Waals surface area contributed by atoms with Gasteiger partial charge < -0.3 is 5.73 Å². The van der Waals surface area contributed by atoms with E-state index in [0.717, 1.165) is 16.8 Å². The van der Waals surface area contributed by atoms with E-state index in [2.05, 4.69) is 25.9 Å². The van der Waals surface area contributed by atoms with E-state index < -0.39 is 0 Å². The van der Waals surface area contributed by atoms with Crippen molar-refractivity contribution in [2.45, 2.75) is 6.42 Å². The van der Waals surface area contributed by atoms with Crippen LogP contribution in [0, 0.1) is 0 Å². The molecule has 2 N–H and O–H groups in total. The second-order valence-electron chi connectivity index (χ2n) is 1.83. The number of aromatic nitrogens is 2. The number of hydrogen-bond acceptors (Lipinski definition) is 3. The van der Waals surface area contributed by atoms with Crippen LogP contribution in [-0.2, 0) is 6.42 Å². The molecule has 0 radical (unpaired) electrons. The van der Waals surface area contributed by atoms with Gasteiger partial charge in [-0.15, -0.1) is 0 Å². The molecule has 0 atom stereocenters. The summed E-state index contributed by atoms with van der Waals surface area (Å²) in [6, 6.07) is 1.79. The molecule has 0 aliphatic heterocycles. The van der Waals surface area contributed by atoms with E-state index in [1.807, 2.05) is 0 Å². The normalized spacial score (nSPS) is 9.80. The Bertz CT molecular complexity index is 214. The SMILES string of the molecule is NCCc1nccc(Br)n1. The van der Waals surface area contributed by atoms with Crippen molar-refractivity contribution in [3.8, 4) is 0 Å². The Morgan fingerprint density at radius 3 is 3.00 bits per heavy atom. The van der Waals surface area contributed by atoms with Crippen molar-refractivity contribution in [1.29, 1.82) is 0 Å². The molecular formula is C6H8BrN3. The summed E-state index contributed by atoms with van der Waals surface area (Å²) in [6.45, 7) is 0.594. The Morgan fingerprint density at radius 1 is 1.60 bits per heavy atom. The summed E-state index contributed by atoms with van der Waals surface area (Å²) in [4.78, 5) is 8.10. The minimum atomic E-state index is 0.594. The molecule has 0 unspecified atom stereocenters. The van der Waals surface area contributed by atoms with Crippen LogP contribution in [-0.4, -0.2) is 16.5 Å². The average Bonchev–Trinajstić information content (AvgIpc) is 1.88. The van der Waals surface area contributed by atoms with Crippen LogP contribution in [0.3, 0.4) is 0 Å². The fraction of sp³-hybridized carbons (Fsp3) is 0.333. The fourth-order valence-corrected chi connectivity index (χ4v) is 0.947. The van der Waals surface area contributed by atoms with Gasteiger partial charge in [-0.05, 0) is 28.5 Å². The third kappa shape index (κ3) is 2.04. The Balaban J connectivity index is 2.75. The predicted molar refractivity (Wildman–Crippen MR) is 42.5 cm³/mol. The second kappa shape index (κ2) is 3.63. The summed E-state index contributed by atoms with van der Waals surface area (Å²) < 4.78 is 0.811. The van der Waals surface area contributed by atoms with Gasteiger partial charge in [-0.3, -0.25) is 0 Å². The van der Waals surface area contributed by atoms with Gasteiger partial charge in [0.2, 0.25) is 0 Å². The monoisotopic (exact) mass is 201 g/mol. The van der Waals surface area contributed by atoms with E-state index in [1.165, 1.54) is 0 Å². The molecule has 0 saturated heterocycles. The van der Waals surface area contributed by atoms with Crippen LogP contribution in [0.2, 0.25) is 0 Å². The first-order valence-corrected chi connectivity index (χ1v) is 3.79. The van der Waals surface area contributed by atoms with Gasteiger partial charge in [0.05, 0.1) is 0 Å². The largest absolute Gasteiger partial charge is 0.330 e. The van der Waals surface area contributed by atoms with E-state index in [0.29, 0.717) is 6.54 Å². The number of halogens is 1. The van der Waals surface area contributed by atoms with Crippen LogP contribution >= 0.6 is 15.9 Å². The topological polar surface area (TPSA) is 51.8 Å². The Hall–Kier alpha value is -0.480. The Labute approximate surface area is 67.8 Å². The predicted octanol–water partition coefficient (Wildman–Crippen LogP) is 0.740. The van der Waals surface area contributed by atoms with E-state index in [-0.39, 0.29) is 0 Å². The molecule has 10 heavy (non-hydrogen) atoms. The van der Waals surface area contributed by atoms with E-state index in [1.54, 1.807) is 12.3 Å². The quantitative estimate of drug-likeness (QED) is 0.719. The van der Waals surface area contributed by atoms with Crippen LogP contribution in [0.1, 0.15) is 5.82 Å². The van der Waals surface area contributed by atoms with E-state index >= 15 is 0 Å². The first kappa shape index (κ1) is 7.63. The Kier molecular flexibility index (Phi) is 2.77. The molecule has 0 aromatic carbocycles. The van der Waals surface area contributed by atoms with Crippen molar-refractivity contribution in [2.75, 3.05) is 6.54 Å². The molecule has 0 fully saturated rings. The maximum Gasteiger partial charge on any atom is 0.130 e. The molecule has 4 heteroatoms. The maximum atomic E-state index is 5.32. The first-order chi connectivity index (χ1) is 4.83. The summed E-state index contributed by atoms with van der Waals surface area (Å²) in [5.74, 6) is 0.789. The zero-order valence-electron chi connectivity index (χ0n) is 5.42. The van der Waals surface area contributed by atoms with Crippen molar-refractivity contribution in [3.05, 3.63) is 22.7 Å². The molecule has 1 heterocycles. The van der Waals surface area contributed by atoms with Gasteiger partial charge in [-0.1, -0.05) is 0 Å². The summed E-state index contributed by atoms with van der Waals surface area (Å²) in [5, 5.41) is 0. The maximum absolute atomic E-state index is 5.32. The lowest BCUT2D eigenvalue weighted by molar-refractivity contribution is 0.860. The minimum Gasteiger partial charge on any atom is -0.330 e. The molecule has 54 valence electrons. The van der Waals surface area contributed by atoms with Crippen molar-refractivity contribution in [3.63, 3.8) is 0 Å². The molecule has 1 aromatic heterocycles. The molecule has 0 spiro atoms. The van der Waals surface area contributed by atoms with Crippen LogP contribution in [0.25, 0.3) is 0 Å². The molecule has 0 aliphatic rings. The molecular weight excluding hydrogens is 194 g/mol. The molecule has 3 nitrogen and oxygen atoms in total. The number of hydrogen-bond donors (Lipinski definition) is 1.